The van der Waals surface area contributed by atoms with E-state index in [4.69, 9.17) is 9.47 Å². The Morgan fingerprint density at radius 1 is 1.17 bits per heavy atom. The van der Waals surface area contributed by atoms with Gasteiger partial charge in [0.2, 0.25) is 5.88 Å². The lowest BCUT2D eigenvalue weighted by Crippen LogP contribution is -2.29. The molecule has 3 rings (SSSR count). The number of amides is 2. The zero-order valence-corrected chi connectivity index (χ0v) is 16.2. The van der Waals surface area contributed by atoms with Gasteiger partial charge in [0.1, 0.15) is 17.2 Å². The number of likely N-dealkylation sites (N-methyl/N-ethyl adjacent to an activating group) is 1. The van der Waals surface area contributed by atoms with Gasteiger partial charge in [-0.3, -0.25) is 9.59 Å². The smallest absolute Gasteiger partial charge is 0.335 e. The van der Waals surface area contributed by atoms with Crippen molar-refractivity contribution in [1.82, 2.24) is 19.8 Å². The molecule has 152 valence electrons. The first-order valence-corrected chi connectivity index (χ1v) is 8.76. The summed E-state index contributed by atoms with van der Waals surface area (Å²) < 4.78 is 11.3. The SMILES string of the molecule is CN(C)C(=O)c1cnc(Oc2cc(OC3CCN(C)C3=O)cc(C(=O)O)c2)cn1. The Kier molecular flexibility index (Phi) is 5.62. The molecule has 1 saturated heterocycles. The Labute approximate surface area is 166 Å². The Morgan fingerprint density at radius 2 is 1.90 bits per heavy atom. The first kappa shape index (κ1) is 20.1. The van der Waals surface area contributed by atoms with Gasteiger partial charge in [0.05, 0.1) is 18.0 Å². The fourth-order valence-corrected chi connectivity index (χ4v) is 2.72. The van der Waals surface area contributed by atoms with Crippen LogP contribution in [0.15, 0.2) is 30.6 Å². The largest absolute Gasteiger partial charge is 0.480 e. The molecule has 2 amide bonds. The molecule has 1 fully saturated rings. The van der Waals surface area contributed by atoms with Gasteiger partial charge in [-0.1, -0.05) is 0 Å². The number of hydrogen-bond acceptors (Lipinski definition) is 7. The van der Waals surface area contributed by atoms with Gasteiger partial charge in [-0.05, 0) is 12.1 Å². The van der Waals surface area contributed by atoms with Crippen LogP contribution in [-0.4, -0.2) is 76.4 Å². The first-order valence-electron chi connectivity index (χ1n) is 8.76. The summed E-state index contributed by atoms with van der Waals surface area (Å²) >= 11 is 0. The third kappa shape index (κ3) is 4.60. The lowest BCUT2D eigenvalue weighted by atomic mass is 10.2. The van der Waals surface area contributed by atoms with Crippen LogP contribution in [0.5, 0.6) is 17.4 Å². The van der Waals surface area contributed by atoms with Gasteiger partial charge >= 0.3 is 5.97 Å². The number of aromatic carboxylic acids is 1. The Hall–Kier alpha value is -3.69. The molecular weight excluding hydrogens is 380 g/mol. The molecule has 1 aromatic heterocycles. The summed E-state index contributed by atoms with van der Waals surface area (Å²) in [6, 6.07) is 4.10. The molecule has 2 aromatic rings. The van der Waals surface area contributed by atoms with Gasteiger partial charge in [0.25, 0.3) is 11.8 Å². The van der Waals surface area contributed by atoms with E-state index in [0.29, 0.717) is 13.0 Å². The van der Waals surface area contributed by atoms with Crippen LogP contribution in [0.1, 0.15) is 27.3 Å². The summed E-state index contributed by atoms with van der Waals surface area (Å²) in [7, 11) is 4.87. The van der Waals surface area contributed by atoms with Crippen LogP contribution in [0.4, 0.5) is 0 Å². The van der Waals surface area contributed by atoms with Crippen molar-refractivity contribution < 1.29 is 29.0 Å². The van der Waals surface area contributed by atoms with Crippen LogP contribution < -0.4 is 9.47 Å². The fourth-order valence-electron chi connectivity index (χ4n) is 2.72. The molecule has 1 aromatic carbocycles. The average molecular weight is 400 g/mol. The van der Waals surface area contributed by atoms with Gasteiger partial charge in [0, 0.05) is 40.2 Å². The second kappa shape index (κ2) is 8.13. The minimum atomic E-state index is -1.17. The number of nitrogens with zero attached hydrogens (tertiary/aromatic N) is 4. The normalized spacial score (nSPS) is 15.9. The quantitative estimate of drug-likeness (QED) is 0.769. The van der Waals surface area contributed by atoms with E-state index in [1.807, 2.05) is 0 Å². The first-order chi connectivity index (χ1) is 13.7. The molecule has 0 spiro atoms. The zero-order valence-electron chi connectivity index (χ0n) is 16.2. The fraction of sp³-hybridized carbons (Fsp3) is 0.316. The number of carbonyl (C=O) groups is 3. The number of carbonyl (C=O) groups excluding carboxylic acids is 2. The maximum atomic E-state index is 12.0. The number of carboxylic acid groups (broad SMARTS) is 1. The number of hydrogen-bond donors (Lipinski definition) is 1. The molecule has 0 bridgehead atoms. The third-order valence-electron chi connectivity index (χ3n) is 4.26. The van der Waals surface area contributed by atoms with Crippen molar-refractivity contribution in [2.75, 3.05) is 27.7 Å². The average Bonchev–Trinajstić information content (AvgIpc) is 3.00. The molecule has 1 N–H and O–H groups in total. The van der Waals surface area contributed by atoms with E-state index in [0.717, 1.165) is 0 Å². The molecule has 2 heterocycles. The van der Waals surface area contributed by atoms with Crippen molar-refractivity contribution in [1.29, 1.82) is 0 Å². The van der Waals surface area contributed by atoms with Crippen LogP contribution in [0, 0.1) is 0 Å². The maximum absolute atomic E-state index is 12.0. The maximum Gasteiger partial charge on any atom is 0.335 e. The number of benzene rings is 1. The second-order valence-corrected chi connectivity index (χ2v) is 6.69. The molecule has 0 radical (unpaired) electrons. The van der Waals surface area contributed by atoms with Gasteiger partial charge in [-0.25, -0.2) is 14.8 Å². The molecule has 10 nitrogen and oxygen atoms in total. The predicted molar refractivity (Wildman–Crippen MR) is 100 cm³/mol. The molecule has 0 aliphatic carbocycles. The van der Waals surface area contributed by atoms with E-state index >= 15 is 0 Å². The molecule has 1 atom stereocenters. The Balaban J connectivity index is 1.81. The lowest BCUT2D eigenvalue weighted by molar-refractivity contribution is -0.132. The van der Waals surface area contributed by atoms with Crippen molar-refractivity contribution >= 4 is 17.8 Å². The molecule has 0 saturated carbocycles. The van der Waals surface area contributed by atoms with E-state index in [-0.39, 0.29) is 40.5 Å². The van der Waals surface area contributed by atoms with Crippen molar-refractivity contribution in [3.8, 4) is 17.4 Å². The number of aromatic nitrogens is 2. The van der Waals surface area contributed by atoms with E-state index in [1.54, 1.807) is 26.0 Å². The van der Waals surface area contributed by atoms with E-state index in [2.05, 4.69) is 9.97 Å². The van der Waals surface area contributed by atoms with E-state index < -0.39 is 12.1 Å². The number of carboxylic acids is 1. The summed E-state index contributed by atoms with van der Waals surface area (Å²) in [6.45, 7) is 0.569. The topological polar surface area (TPSA) is 122 Å². The highest BCUT2D eigenvalue weighted by molar-refractivity contribution is 5.91. The van der Waals surface area contributed by atoms with E-state index in [1.165, 1.54) is 35.5 Å². The molecule has 1 aliphatic rings. The summed E-state index contributed by atoms with van der Waals surface area (Å²) in [4.78, 5) is 46.3. The predicted octanol–water partition coefficient (Wildman–Crippen LogP) is 1.28. The van der Waals surface area contributed by atoms with Crippen molar-refractivity contribution in [3.63, 3.8) is 0 Å². The van der Waals surface area contributed by atoms with Crippen LogP contribution in [0.2, 0.25) is 0 Å². The van der Waals surface area contributed by atoms with Crippen LogP contribution >= 0.6 is 0 Å². The van der Waals surface area contributed by atoms with Crippen LogP contribution in [0.3, 0.4) is 0 Å². The van der Waals surface area contributed by atoms with Gasteiger partial charge in [0.15, 0.2) is 6.10 Å². The summed E-state index contributed by atoms with van der Waals surface area (Å²) in [5, 5.41) is 9.35. The van der Waals surface area contributed by atoms with Crippen molar-refractivity contribution in [2.24, 2.45) is 0 Å². The highest BCUT2D eigenvalue weighted by Crippen LogP contribution is 2.28. The summed E-state index contributed by atoms with van der Waals surface area (Å²) in [6.07, 6.45) is 2.37. The van der Waals surface area contributed by atoms with Gasteiger partial charge in [-0.15, -0.1) is 0 Å². The van der Waals surface area contributed by atoms with E-state index in [9.17, 15) is 19.5 Å². The van der Waals surface area contributed by atoms with Crippen molar-refractivity contribution in [3.05, 3.63) is 41.9 Å². The Morgan fingerprint density at radius 3 is 2.45 bits per heavy atom. The summed E-state index contributed by atoms with van der Waals surface area (Å²) in [5.74, 6) is -1.22. The number of ether oxygens (including phenoxy) is 2. The number of rotatable bonds is 6. The standard InChI is InChI=1S/C19H20N4O6/c1-22(2)17(24)14-9-21-16(10-20-14)29-13-7-11(19(26)27)6-12(8-13)28-15-4-5-23(3)18(15)25/h6-10,15H,4-5H2,1-3H3,(H,26,27). The Bertz CT molecular complexity index is 944. The monoisotopic (exact) mass is 400 g/mol. The zero-order chi connectivity index (χ0) is 21.1. The molecule has 1 aliphatic heterocycles. The minimum absolute atomic E-state index is 0.0661. The molecular formula is C19H20N4O6. The second-order valence-electron chi connectivity index (χ2n) is 6.69. The molecule has 29 heavy (non-hydrogen) atoms. The third-order valence-corrected chi connectivity index (χ3v) is 4.26. The lowest BCUT2D eigenvalue weighted by Gasteiger charge is -2.15. The number of likely N-dealkylation sites (tertiary alicyclic amines) is 1. The minimum Gasteiger partial charge on any atom is -0.480 e. The van der Waals surface area contributed by atoms with Gasteiger partial charge < -0.3 is 24.4 Å². The van der Waals surface area contributed by atoms with Gasteiger partial charge in [-0.2, -0.15) is 0 Å². The summed E-state index contributed by atoms with van der Waals surface area (Å²) in [5.41, 5.74) is 0.0817. The molecule has 10 heteroatoms. The van der Waals surface area contributed by atoms with Crippen LogP contribution in [-0.2, 0) is 4.79 Å². The van der Waals surface area contributed by atoms with Crippen LogP contribution in [0.25, 0.3) is 0 Å². The highest BCUT2D eigenvalue weighted by atomic mass is 16.5. The van der Waals surface area contributed by atoms with Crippen molar-refractivity contribution in [2.45, 2.75) is 12.5 Å². The highest BCUT2D eigenvalue weighted by Gasteiger charge is 2.31. The molecule has 1 unspecified atom stereocenters.